The number of nitrogens with zero attached hydrogens (tertiary/aromatic N) is 2. The first-order valence-electron chi connectivity index (χ1n) is 8.86. The fourth-order valence-corrected chi connectivity index (χ4v) is 3.29. The maximum Gasteiger partial charge on any atom is 0.343 e. The number of nitro benzene ring substituents is 1. The molecule has 1 N–H and O–H groups in total. The van der Waals surface area contributed by atoms with Crippen LogP contribution in [0.2, 0.25) is 0 Å². The molecule has 0 bridgehead atoms. The molecule has 1 aliphatic heterocycles. The molecule has 0 aliphatic carbocycles. The lowest BCUT2D eigenvalue weighted by Crippen LogP contribution is -2.62. The molecule has 1 saturated heterocycles. The van der Waals surface area contributed by atoms with Gasteiger partial charge in [0.1, 0.15) is 6.23 Å². The van der Waals surface area contributed by atoms with Crippen LogP contribution in [-0.4, -0.2) is 57.8 Å². The largest absolute Gasteiger partial charge is 0.464 e. The van der Waals surface area contributed by atoms with Crippen LogP contribution in [0.4, 0.5) is 5.69 Å². The van der Waals surface area contributed by atoms with Crippen molar-refractivity contribution in [1.29, 1.82) is 0 Å². The Morgan fingerprint density at radius 1 is 1.21 bits per heavy atom. The third kappa shape index (κ3) is 3.81. The smallest absolute Gasteiger partial charge is 0.343 e. The van der Waals surface area contributed by atoms with Crippen molar-refractivity contribution >= 4 is 23.5 Å². The molecule has 152 valence electrons. The Labute approximate surface area is 161 Å². The number of amides is 1. The molecular weight excluding hydrogens is 372 g/mol. The number of rotatable bonds is 7. The van der Waals surface area contributed by atoms with E-state index in [0.29, 0.717) is 0 Å². The third-order valence-corrected chi connectivity index (χ3v) is 4.50. The molecule has 0 spiro atoms. The predicted molar refractivity (Wildman–Crippen MR) is 94.9 cm³/mol. The van der Waals surface area contributed by atoms with Gasteiger partial charge in [-0.3, -0.25) is 19.8 Å². The number of hydrogen-bond donors (Lipinski definition) is 1. The Balaban J connectivity index is 2.44. The summed E-state index contributed by atoms with van der Waals surface area (Å²) < 4.78 is 9.97. The number of aliphatic hydroxyl groups is 1. The summed E-state index contributed by atoms with van der Waals surface area (Å²) in [7, 11) is 0. The zero-order valence-electron chi connectivity index (χ0n) is 15.6. The second kappa shape index (κ2) is 8.79. The number of ether oxygens (including phenoxy) is 2. The van der Waals surface area contributed by atoms with Crippen molar-refractivity contribution in [3.63, 3.8) is 0 Å². The van der Waals surface area contributed by atoms with Gasteiger partial charge in [-0.1, -0.05) is 18.2 Å². The van der Waals surface area contributed by atoms with E-state index in [-0.39, 0.29) is 37.3 Å². The first-order chi connectivity index (χ1) is 13.3. The number of benzene rings is 1. The summed E-state index contributed by atoms with van der Waals surface area (Å²) in [5, 5.41) is 21.5. The molecule has 10 nitrogen and oxygen atoms in total. The summed E-state index contributed by atoms with van der Waals surface area (Å²) in [4.78, 5) is 49.5. The van der Waals surface area contributed by atoms with E-state index >= 15 is 0 Å². The summed E-state index contributed by atoms with van der Waals surface area (Å²) in [6.07, 6.45) is -2.12. The Kier molecular flexibility index (Phi) is 6.68. The van der Waals surface area contributed by atoms with Gasteiger partial charge in [0.15, 0.2) is 0 Å². The zero-order valence-corrected chi connectivity index (χ0v) is 15.6. The molecule has 1 aromatic carbocycles. The van der Waals surface area contributed by atoms with Gasteiger partial charge in [0.2, 0.25) is 11.4 Å². The molecule has 10 heteroatoms. The molecule has 2 rings (SSSR count). The van der Waals surface area contributed by atoms with Crippen molar-refractivity contribution in [2.45, 2.75) is 44.9 Å². The quantitative estimate of drug-likeness (QED) is 0.312. The number of carbonyl (C=O) groups excluding carboxylic acids is 3. The van der Waals surface area contributed by atoms with Gasteiger partial charge in [-0.2, -0.15) is 0 Å². The van der Waals surface area contributed by atoms with Gasteiger partial charge < -0.3 is 14.6 Å². The number of hydrogen-bond acceptors (Lipinski definition) is 8. The lowest BCUT2D eigenvalue weighted by atomic mass is 9.95. The van der Waals surface area contributed by atoms with Gasteiger partial charge in [-0.15, -0.1) is 0 Å². The second-order valence-corrected chi connectivity index (χ2v) is 6.15. The highest BCUT2D eigenvalue weighted by Crippen LogP contribution is 2.36. The first-order valence-corrected chi connectivity index (χ1v) is 8.86. The molecule has 0 saturated carbocycles. The molecule has 1 heterocycles. The Bertz CT molecular complexity index is 761. The monoisotopic (exact) mass is 394 g/mol. The standard InChI is InChI=1S/C18H22N2O8/c1-3-27-16(23)18(17(24)28-4-2)10-9-14(21)19(18)15(22)11-12-7-5-6-8-13(12)20(25)26/h5-8,14,21H,3-4,9-11H2,1-2H3. The lowest BCUT2D eigenvalue weighted by molar-refractivity contribution is -0.385. The van der Waals surface area contributed by atoms with Gasteiger partial charge in [-0.05, 0) is 26.7 Å². The van der Waals surface area contributed by atoms with E-state index in [2.05, 4.69) is 0 Å². The molecule has 0 radical (unpaired) electrons. The molecule has 1 aromatic rings. The number of aliphatic hydroxyl groups excluding tert-OH is 1. The second-order valence-electron chi connectivity index (χ2n) is 6.15. The van der Waals surface area contributed by atoms with E-state index in [4.69, 9.17) is 9.47 Å². The van der Waals surface area contributed by atoms with Crippen molar-refractivity contribution in [3.05, 3.63) is 39.9 Å². The maximum atomic E-state index is 13.0. The van der Waals surface area contributed by atoms with E-state index in [1.54, 1.807) is 13.8 Å². The highest BCUT2D eigenvalue weighted by Gasteiger charge is 2.61. The minimum atomic E-state index is -2.12. The van der Waals surface area contributed by atoms with Crippen LogP contribution in [0.1, 0.15) is 32.3 Å². The molecule has 0 aromatic heterocycles. The summed E-state index contributed by atoms with van der Waals surface area (Å²) in [6, 6.07) is 5.63. The molecule has 28 heavy (non-hydrogen) atoms. The van der Waals surface area contributed by atoms with Crippen molar-refractivity contribution < 1.29 is 33.9 Å². The van der Waals surface area contributed by atoms with Crippen molar-refractivity contribution in [3.8, 4) is 0 Å². The van der Waals surface area contributed by atoms with Crippen LogP contribution in [0, 0.1) is 10.1 Å². The number of likely N-dealkylation sites (tertiary alicyclic amines) is 1. The summed E-state index contributed by atoms with van der Waals surface area (Å²) in [5.74, 6) is -2.82. The SMILES string of the molecule is CCOC(=O)C1(C(=O)OCC)CCC(O)N1C(=O)Cc1ccccc1[N+](=O)[O-]. The average molecular weight is 394 g/mol. The van der Waals surface area contributed by atoms with Gasteiger partial charge >= 0.3 is 11.9 Å². The van der Waals surface area contributed by atoms with Gasteiger partial charge in [0.05, 0.1) is 24.6 Å². The average Bonchev–Trinajstić information content (AvgIpc) is 3.01. The number of para-hydroxylation sites is 1. The highest BCUT2D eigenvalue weighted by atomic mass is 16.6. The van der Waals surface area contributed by atoms with Crippen LogP contribution in [-0.2, 0) is 30.3 Å². The van der Waals surface area contributed by atoms with Crippen LogP contribution in [0.25, 0.3) is 0 Å². The van der Waals surface area contributed by atoms with Crippen LogP contribution in [0.15, 0.2) is 24.3 Å². The molecule has 1 atom stereocenters. The summed E-state index contributed by atoms with van der Waals surface area (Å²) in [6.45, 7) is 3.01. The van der Waals surface area contributed by atoms with Gasteiger partial charge in [0.25, 0.3) is 5.69 Å². The maximum absolute atomic E-state index is 13.0. The van der Waals surface area contributed by atoms with E-state index in [1.165, 1.54) is 24.3 Å². The van der Waals surface area contributed by atoms with Crippen LogP contribution >= 0.6 is 0 Å². The normalized spacial score (nSPS) is 17.8. The van der Waals surface area contributed by atoms with Crippen LogP contribution < -0.4 is 0 Å². The Hall–Kier alpha value is -3.01. The summed E-state index contributed by atoms with van der Waals surface area (Å²) >= 11 is 0. The van der Waals surface area contributed by atoms with E-state index < -0.39 is 41.0 Å². The topological polar surface area (TPSA) is 136 Å². The first kappa shape index (κ1) is 21.3. The van der Waals surface area contributed by atoms with Crippen molar-refractivity contribution in [1.82, 2.24) is 4.90 Å². The van der Waals surface area contributed by atoms with Gasteiger partial charge in [-0.25, -0.2) is 9.59 Å². The van der Waals surface area contributed by atoms with Crippen LogP contribution in [0.5, 0.6) is 0 Å². The van der Waals surface area contributed by atoms with Crippen LogP contribution in [0.3, 0.4) is 0 Å². The molecule has 1 unspecified atom stereocenters. The Morgan fingerprint density at radius 3 is 2.32 bits per heavy atom. The number of carbonyl (C=O) groups is 3. The van der Waals surface area contributed by atoms with Crippen molar-refractivity contribution in [2.24, 2.45) is 0 Å². The number of nitro groups is 1. The minimum absolute atomic E-state index is 0.0394. The van der Waals surface area contributed by atoms with E-state index in [0.717, 1.165) is 4.90 Å². The molecule has 1 aliphatic rings. The summed E-state index contributed by atoms with van der Waals surface area (Å²) in [5.41, 5.74) is -2.30. The molecule has 1 amide bonds. The minimum Gasteiger partial charge on any atom is -0.464 e. The third-order valence-electron chi connectivity index (χ3n) is 4.50. The molecule has 1 fully saturated rings. The van der Waals surface area contributed by atoms with Crippen molar-refractivity contribution in [2.75, 3.05) is 13.2 Å². The fraction of sp³-hybridized carbons (Fsp3) is 0.500. The fourth-order valence-electron chi connectivity index (χ4n) is 3.29. The van der Waals surface area contributed by atoms with Gasteiger partial charge in [0, 0.05) is 11.6 Å². The highest BCUT2D eigenvalue weighted by molar-refractivity contribution is 6.08. The number of esters is 2. The molecular formula is C18H22N2O8. The Morgan fingerprint density at radius 2 is 1.79 bits per heavy atom. The predicted octanol–water partition coefficient (Wildman–Crippen LogP) is 0.943. The van der Waals surface area contributed by atoms with E-state index in [9.17, 15) is 29.6 Å². The lowest BCUT2D eigenvalue weighted by Gasteiger charge is -2.35. The zero-order chi connectivity index (χ0) is 20.9. The van der Waals surface area contributed by atoms with E-state index in [1.807, 2.05) is 0 Å².